The Morgan fingerprint density at radius 3 is 1.25 bits per heavy atom. The van der Waals surface area contributed by atoms with E-state index in [0.717, 1.165) is 10.6 Å². The molecule has 0 N–H and O–H groups in total. The third-order valence-corrected chi connectivity index (χ3v) is 5.01. The highest BCUT2D eigenvalue weighted by Crippen LogP contribution is 2.40. The van der Waals surface area contributed by atoms with Gasteiger partial charge in [-0.05, 0) is 12.1 Å². The van der Waals surface area contributed by atoms with Gasteiger partial charge in [-0.25, -0.2) is 0 Å². The standard InChI is InChI=1S/C10H16O4P2/c1-11-15(12-2)9-7-5-6-8-10(9)16(13-3)14-4/h5-8H,1-4H3. The Bertz CT molecular complexity index is 282. The molecule has 0 aliphatic heterocycles. The maximum absolute atomic E-state index is 5.31. The Morgan fingerprint density at radius 1 is 0.688 bits per heavy atom. The van der Waals surface area contributed by atoms with Gasteiger partial charge >= 0.3 is 0 Å². The van der Waals surface area contributed by atoms with Gasteiger partial charge in [-0.2, -0.15) is 0 Å². The van der Waals surface area contributed by atoms with Crippen LogP contribution in [0.15, 0.2) is 24.3 Å². The zero-order valence-electron chi connectivity index (χ0n) is 9.84. The minimum atomic E-state index is -1.06. The molecule has 0 aromatic heterocycles. The monoisotopic (exact) mass is 262 g/mol. The molecular weight excluding hydrogens is 246 g/mol. The molecular formula is C10H16O4P2. The molecule has 0 aliphatic rings. The molecule has 0 amide bonds. The van der Waals surface area contributed by atoms with Crippen molar-refractivity contribution in [3.8, 4) is 0 Å². The van der Waals surface area contributed by atoms with Crippen molar-refractivity contribution in [2.24, 2.45) is 0 Å². The van der Waals surface area contributed by atoms with Gasteiger partial charge in [0.05, 0.1) is 0 Å². The lowest BCUT2D eigenvalue weighted by Gasteiger charge is -2.19. The van der Waals surface area contributed by atoms with Crippen LogP contribution in [0.1, 0.15) is 0 Å². The lowest BCUT2D eigenvalue weighted by atomic mass is 10.4. The van der Waals surface area contributed by atoms with Crippen molar-refractivity contribution in [3.05, 3.63) is 24.3 Å². The topological polar surface area (TPSA) is 36.9 Å². The maximum atomic E-state index is 5.31. The van der Waals surface area contributed by atoms with Crippen molar-refractivity contribution in [1.82, 2.24) is 0 Å². The predicted octanol–water partition coefficient (Wildman–Crippen LogP) is 2.15. The summed E-state index contributed by atoms with van der Waals surface area (Å²) in [6, 6.07) is 7.85. The zero-order valence-corrected chi connectivity index (χ0v) is 11.6. The molecule has 0 saturated carbocycles. The van der Waals surface area contributed by atoms with Gasteiger partial charge in [-0.1, -0.05) is 12.1 Å². The van der Waals surface area contributed by atoms with E-state index in [9.17, 15) is 0 Å². The fraction of sp³-hybridized carbons (Fsp3) is 0.400. The summed E-state index contributed by atoms with van der Waals surface area (Å²) in [5, 5.41) is 2.00. The van der Waals surface area contributed by atoms with E-state index in [1.54, 1.807) is 28.4 Å². The van der Waals surface area contributed by atoms with Crippen LogP contribution in [0.5, 0.6) is 0 Å². The van der Waals surface area contributed by atoms with Gasteiger partial charge in [0, 0.05) is 39.0 Å². The van der Waals surface area contributed by atoms with E-state index in [1.807, 2.05) is 24.3 Å². The number of rotatable bonds is 6. The van der Waals surface area contributed by atoms with E-state index >= 15 is 0 Å². The third-order valence-electron chi connectivity index (χ3n) is 1.94. The number of benzene rings is 1. The average Bonchev–Trinajstić information content (AvgIpc) is 2.34. The molecule has 0 fully saturated rings. The van der Waals surface area contributed by atoms with Crippen LogP contribution in [-0.2, 0) is 18.1 Å². The highest BCUT2D eigenvalue weighted by molar-refractivity contribution is 7.62. The van der Waals surface area contributed by atoms with Crippen molar-refractivity contribution in [1.29, 1.82) is 0 Å². The first kappa shape index (κ1) is 14.0. The molecule has 0 heterocycles. The van der Waals surface area contributed by atoms with E-state index in [4.69, 9.17) is 18.1 Å². The summed E-state index contributed by atoms with van der Waals surface area (Å²) in [7, 11) is 4.41. The molecule has 0 radical (unpaired) electrons. The first-order valence-corrected chi connectivity index (χ1v) is 6.99. The van der Waals surface area contributed by atoms with Gasteiger partial charge in [0.2, 0.25) is 16.8 Å². The smallest absolute Gasteiger partial charge is 0.205 e. The van der Waals surface area contributed by atoms with Crippen molar-refractivity contribution in [2.75, 3.05) is 28.4 Å². The highest BCUT2D eigenvalue weighted by Gasteiger charge is 2.21. The number of hydrogen-bond donors (Lipinski definition) is 0. The average molecular weight is 262 g/mol. The van der Waals surface area contributed by atoms with Crippen molar-refractivity contribution >= 4 is 27.4 Å². The van der Waals surface area contributed by atoms with E-state index in [2.05, 4.69) is 0 Å². The second kappa shape index (κ2) is 7.29. The summed E-state index contributed by atoms with van der Waals surface area (Å²) in [5.74, 6) is 0. The van der Waals surface area contributed by atoms with E-state index < -0.39 is 16.8 Å². The molecule has 1 aromatic carbocycles. The molecule has 16 heavy (non-hydrogen) atoms. The summed E-state index contributed by atoms with van der Waals surface area (Å²) >= 11 is 0. The Hall–Kier alpha value is -0.0800. The van der Waals surface area contributed by atoms with Crippen LogP contribution in [0, 0.1) is 0 Å². The Morgan fingerprint density at radius 2 is 1.00 bits per heavy atom. The van der Waals surface area contributed by atoms with E-state index in [1.165, 1.54) is 0 Å². The Labute approximate surface area is 98.7 Å². The zero-order chi connectivity index (χ0) is 12.0. The summed E-state index contributed by atoms with van der Waals surface area (Å²) in [6.07, 6.45) is 0. The molecule has 6 heteroatoms. The van der Waals surface area contributed by atoms with E-state index in [0.29, 0.717) is 0 Å². The van der Waals surface area contributed by atoms with E-state index in [-0.39, 0.29) is 0 Å². The van der Waals surface area contributed by atoms with Crippen LogP contribution in [0.4, 0.5) is 0 Å². The first-order chi connectivity index (χ1) is 7.78. The quantitative estimate of drug-likeness (QED) is 0.736. The Kier molecular flexibility index (Phi) is 6.37. The molecule has 0 bridgehead atoms. The van der Waals surface area contributed by atoms with Crippen LogP contribution in [0.2, 0.25) is 0 Å². The fourth-order valence-corrected chi connectivity index (χ4v) is 3.83. The molecule has 0 atom stereocenters. The predicted molar refractivity (Wildman–Crippen MR) is 67.6 cm³/mol. The van der Waals surface area contributed by atoms with Crippen LogP contribution in [0.25, 0.3) is 0 Å². The summed E-state index contributed by atoms with van der Waals surface area (Å²) in [4.78, 5) is 0. The molecule has 0 unspecified atom stereocenters. The summed E-state index contributed by atoms with van der Waals surface area (Å²) in [6.45, 7) is 0. The second-order valence-electron chi connectivity index (χ2n) is 2.73. The molecule has 0 saturated heterocycles. The van der Waals surface area contributed by atoms with Crippen LogP contribution in [0.3, 0.4) is 0 Å². The van der Waals surface area contributed by atoms with Crippen LogP contribution in [-0.4, -0.2) is 28.4 Å². The molecule has 4 nitrogen and oxygen atoms in total. The van der Waals surface area contributed by atoms with Crippen LogP contribution >= 0.6 is 16.8 Å². The lowest BCUT2D eigenvalue weighted by molar-refractivity contribution is 0.347. The highest BCUT2D eigenvalue weighted by atomic mass is 31.2. The van der Waals surface area contributed by atoms with Crippen molar-refractivity contribution < 1.29 is 18.1 Å². The molecule has 0 aliphatic carbocycles. The van der Waals surface area contributed by atoms with Gasteiger partial charge < -0.3 is 18.1 Å². The molecule has 1 rings (SSSR count). The van der Waals surface area contributed by atoms with Gasteiger partial charge in [0.15, 0.2) is 0 Å². The SMILES string of the molecule is COP(OC)c1ccccc1P(OC)OC. The normalized spacial score (nSPS) is 11.4. The maximum Gasteiger partial charge on any atom is 0.205 e. The van der Waals surface area contributed by atoms with Gasteiger partial charge in [-0.3, -0.25) is 0 Å². The first-order valence-electron chi connectivity index (χ1n) is 4.64. The van der Waals surface area contributed by atoms with Gasteiger partial charge in [0.25, 0.3) is 0 Å². The number of hydrogen-bond acceptors (Lipinski definition) is 4. The lowest BCUT2D eigenvalue weighted by Crippen LogP contribution is -2.23. The molecule has 90 valence electrons. The Balaban J connectivity index is 3.07. The minimum Gasteiger partial charge on any atom is -0.334 e. The van der Waals surface area contributed by atoms with Gasteiger partial charge in [0.1, 0.15) is 0 Å². The summed E-state index contributed by atoms with van der Waals surface area (Å²) < 4.78 is 21.2. The summed E-state index contributed by atoms with van der Waals surface area (Å²) in [5.41, 5.74) is 0. The minimum absolute atomic E-state index is 0.998. The van der Waals surface area contributed by atoms with Crippen molar-refractivity contribution in [2.45, 2.75) is 0 Å². The van der Waals surface area contributed by atoms with Crippen molar-refractivity contribution in [3.63, 3.8) is 0 Å². The second-order valence-corrected chi connectivity index (χ2v) is 6.19. The van der Waals surface area contributed by atoms with Crippen LogP contribution < -0.4 is 10.6 Å². The third kappa shape index (κ3) is 3.21. The fourth-order valence-electron chi connectivity index (χ4n) is 1.32. The largest absolute Gasteiger partial charge is 0.334 e. The molecule has 1 aromatic rings. The van der Waals surface area contributed by atoms with Gasteiger partial charge in [-0.15, -0.1) is 0 Å². The molecule has 0 spiro atoms.